The van der Waals surface area contributed by atoms with Crippen LogP contribution in [0.1, 0.15) is 24.0 Å². The molecule has 33 heavy (non-hydrogen) atoms. The fourth-order valence-electron chi connectivity index (χ4n) is 3.73. The summed E-state index contributed by atoms with van der Waals surface area (Å²) in [5.41, 5.74) is 1.54. The summed E-state index contributed by atoms with van der Waals surface area (Å²) in [5.74, 6) is -0.490. The standard InChI is InChI=1S/C22H21F3N6O2/c1-14-16(4-2-5-18(14)30-9-3-6-21(30)33)27-11-20(32)29-17-10-15(22(23,24)25)7-8-19(17)31-13-26-12-28-31/h2,4-5,7-8,10,12-13,27H,3,6,9,11H2,1H3,(H,29,32). The van der Waals surface area contributed by atoms with Crippen LogP contribution in [0.15, 0.2) is 49.1 Å². The lowest BCUT2D eigenvalue weighted by Crippen LogP contribution is -2.26. The molecule has 0 spiro atoms. The van der Waals surface area contributed by atoms with Crippen LogP contribution < -0.4 is 15.5 Å². The quantitative estimate of drug-likeness (QED) is 0.587. The van der Waals surface area contributed by atoms with Gasteiger partial charge >= 0.3 is 6.18 Å². The molecule has 0 atom stereocenters. The second-order valence-corrected chi connectivity index (χ2v) is 7.57. The summed E-state index contributed by atoms with van der Waals surface area (Å²) in [6.45, 7) is 2.30. The van der Waals surface area contributed by atoms with E-state index in [2.05, 4.69) is 20.7 Å². The van der Waals surface area contributed by atoms with Crippen LogP contribution in [0.3, 0.4) is 0 Å². The summed E-state index contributed by atoms with van der Waals surface area (Å²) in [4.78, 5) is 30.2. The van der Waals surface area contributed by atoms with Crippen LogP contribution in [0.4, 0.5) is 30.2 Å². The van der Waals surface area contributed by atoms with E-state index < -0.39 is 17.6 Å². The minimum atomic E-state index is -4.57. The molecular formula is C22H21F3N6O2. The Morgan fingerprint density at radius 2 is 1.97 bits per heavy atom. The third-order valence-electron chi connectivity index (χ3n) is 5.37. The van der Waals surface area contributed by atoms with Gasteiger partial charge in [0.1, 0.15) is 12.7 Å². The maximum atomic E-state index is 13.2. The number of rotatable bonds is 6. The van der Waals surface area contributed by atoms with Crippen LogP contribution in [-0.4, -0.2) is 39.7 Å². The normalized spacial score (nSPS) is 13.9. The molecule has 0 radical (unpaired) electrons. The molecule has 2 heterocycles. The Labute approximate surface area is 187 Å². The van der Waals surface area contributed by atoms with E-state index in [1.54, 1.807) is 17.0 Å². The second-order valence-electron chi connectivity index (χ2n) is 7.57. The van der Waals surface area contributed by atoms with Crippen molar-refractivity contribution < 1.29 is 22.8 Å². The predicted octanol–water partition coefficient (Wildman–Crippen LogP) is 3.77. The molecule has 3 aromatic rings. The lowest BCUT2D eigenvalue weighted by atomic mass is 10.1. The van der Waals surface area contributed by atoms with E-state index in [9.17, 15) is 22.8 Å². The van der Waals surface area contributed by atoms with Crippen LogP contribution in [0, 0.1) is 6.92 Å². The van der Waals surface area contributed by atoms with E-state index in [-0.39, 0.29) is 23.8 Å². The van der Waals surface area contributed by atoms with Crippen molar-refractivity contribution >= 4 is 28.9 Å². The lowest BCUT2D eigenvalue weighted by Gasteiger charge is -2.21. The first-order chi connectivity index (χ1) is 15.7. The highest BCUT2D eigenvalue weighted by atomic mass is 19.4. The maximum absolute atomic E-state index is 13.2. The van der Waals surface area contributed by atoms with Crippen LogP contribution in [0.25, 0.3) is 5.69 Å². The molecule has 0 bridgehead atoms. The number of alkyl halides is 3. The highest BCUT2D eigenvalue weighted by molar-refractivity contribution is 5.98. The zero-order valence-electron chi connectivity index (χ0n) is 17.7. The molecule has 0 aliphatic carbocycles. The van der Waals surface area contributed by atoms with Crippen LogP contribution in [-0.2, 0) is 15.8 Å². The van der Waals surface area contributed by atoms with Crippen molar-refractivity contribution in [2.75, 3.05) is 28.6 Å². The summed E-state index contributed by atoms with van der Waals surface area (Å²) in [6, 6.07) is 8.40. The van der Waals surface area contributed by atoms with Gasteiger partial charge in [0.25, 0.3) is 0 Å². The highest BCUT2D eigenvalue weighted by Crippen LogP contribution is 2.33. The molecule has 11 heteroatoms. The monoisotopic (exact) mass is 458 g/mol. The summed E-state index contributed by atoms with van der Waals surface area (Å²) >= 11 is 0. The predicted molar refractivity (Wildman–Crippen MR) is 116 cm³/mol. The minimum Gasteiger partial charge on any atom is -0.376 e. The van der Waals surface area contributed by atoms with E-state index >= 15 is 0 Å². The lowest BCUT2D eigenvalue weighted by molar-refractivity contribution is -0.137. The fourth-order valence-corrected chi connectivity index (χ4v) is 3.73. The minimum absolute atomic E-state index is 0.0461. The smallest absolute Gasteiger partial charge is 0.376 e. The van der Waals surface area contributed by atoms with Crippen molar-refractivity contribution in [2.24, 2.45) is 0 Å². The molecule has 0 saturated carbocycles. The molecule has 1 fully saturated rings. The summed E-state index contributed by atoms with van der Waals surface area (Å²) < 4.78 is 40.9. The van der Waals surface area contributed by atoms with Crippen LogP contribution in [0.5, 0.6) is 0 Å². The Morgan fingerprint density at radius 1 is 1.15 bits per heavy atom. The van der Waals surface area contributed by atoms with Gasteiger partial charge < -0.3 is 15.5 Å². The van der Waals surface area contributed by atoms with E-state index in [1.165, 1.54) is 23.4 Å². The van der Waals surface area contributed by atoms with Gasteiger partial charge in [-0.2, -0.15) is 18.3 Å². The number of nitrogens with one attached hydrogen (secondary N) is 2. The largest absolute Gasteiger partial charge is 0.416 e. The zero-order valence-corrected chi connectivity index (χ0v) is 17.7. The number of carbonyl (C=O) groups is 2. The average Bonchev–Trinajstić information content (AvgIpc) is 3.44. The van der Waals surface area contributed by atoms with Gasteiger partial charge in [-0.15, -0.1) is 0 Å². The summed E-state index contributed by atoms with van der Waals surface area (Å²) in [7, 11) is 0. The number of carbonyl (C=O) groups excluding carboxylic acids is 2. The number of nitrogens with zero attached hydrogens (tertiary/aromatic N) is 4. The van der Waals surface area contributed by atoms with Gasteiger partial charge in [0, 0.05) is 24.3 Å². The van der Waals surface area contributed by atoms with Crippen molar-refractivity contribution in [2.45, 2.75) is 25.9 Å². The third kappa shape index (κ3) is 4.81. The third-order valence-corrected chi connectivity index (χ3v) is 5.37. The van der Waals surface area contributed by atoms with Crippen LogP contribution >= 0.6 is 0 Å². The van der Waals surface area contributed by atoms with E-state index in [0.29, 0.717) is 18.7 Å². The van der Waals surface area contributed by atoms with Gasteiger partial charge in [-0.3, -0.25) is 9.59 Å². The maximum Gasteiger partial charge on any atom is 0.416 e. The van der Waals surface area contributed by atoms with Gasteiger partial charge in [0.05, 0.1) is 23.5 Å². The first-order valence-electron chi connectivity index (χ1n) is 10.2. The Bertz CT molecular complexity index is 1180. The zero-order chi connectivity index (χ0) is 23.6. The first kappa shape index (κ1) is 22.3. The number of benzene rings is 2. The topological polar surface area (TPSA) is 92.2 Å². The summed E-state index contributed by atoms with van der Waals surface area (Å²) in [6.07, 6.45) is -0.700. The van der Waals surface area contributed by atoms with Crippen molar-refractivity contribution in [3.05, 3.63) is 60.2 Å². The van der Waals surface area contributed by atoms with Gasteiger partial charge in [-0.1, -0.05) is 6.07 Å². The molecular weight excluding hydrogens is 437 g/mol. The molecule has 2 aromatic carbocycles. The Kier molecular flexibility index (Phi) is 6.03. The molecule has 2 amide bonds. The average molecular weight is 458 g/mol. The molecule has 1 aromatic heterocycles. The van der Waals surface area contributed by atoms with Gasteiger partial charge in [0.15, 0.2) is 0 Å². The SMILES string of the molecule is Cc1c(NCC(=O)Nc2cc(C(F)(F)F)ccc2-n2cncn2)cccc1N1CCCC1=O. The number of halogens is 3. The Morgan fingerprint density at radius 3 is 2.64 bits per heavy atom. The molecule has 8 nitrogen and oxygen atoms in total. The van der Waals surface area contributed by atoms with E-state index in [0.717, 1.165) is 29.8 Å². The number of hydrogen-bond donors (Lipinski definition) is 2. The van der Waals surface area contributed by atoms with E-state index in [4.69, 9.17) is 0 Å². The van der Waals surface area contributed by atoms with Crippen molar-refractivity contribution in [1.29, 1.82) is 0 Å². The van der Waals surface area contributed by atoms with Crippen molar-refractivity contribution in [3.8, 4) is 5.69 Å². The Hall–Kier alpha value is -3.89. The first-order valence-corrected chi connectivity index (χ1v) is 10.2. The number of hydrogen-bond acceptors (Lipinski definition) is 5. The Balaban J connectivity index is 1.51. The molecule has 2 N–H and O–H groups in total. The van der Waals surface area contributed by atoms with Gasteiger partial charge in [-0.25, -0.2) is 9.67 Å². The van der Waals surface area contributed by atoms with Crippen molar-refractivity contribution in [3.63, 3.8) is 0 Å². The summed E-state index contributed by atoms with van der Waals surface area (Å²) in [5, 5.41) is 9.46. The molecule has 0 unspecified atom stereocenters. The van der Waals surface area contributed by atoms with Gasteiger partial charge in [0.2, 0.25) is 11.8 Å². The van der Waals surface area contributed by atoms with E-state index in [1.807, 2.05) is 13.0 Å². The molecule has 1 aliphatic heterocycles. The highest BCUT2D eigenvalue weighted by Gasteiger charge is 2.31. The molecule has 4 rings (SSSR count). The van der Waals surface area contributed by atoms with Gasteiger partial charge in [-0.05, 0) is 49.2 Å². The number of amides is 2. The van der Waals surface area contributed by atoms with Crippen LogP contribution in [0.2, 0.25) is 0 Å². The second kappa shape index (κ2) is 8.93. The molecule has 172 valence electrons. The number of anilines is 3. The van der Waals surface area contributed by atoms with Crippen molar-refractivity contribution in [1.82, 2.24) is 14.8 Å². The fraction of sp³-hybridized carbons (Fsp3) is 0.273. The molecule has 1 saturated heterocycles. The molecule has 1 aliphatic rings. The number of aromatic nitrogens is 3.